The number of hydrogen-bond donors (Lipinski definition) is 1. The third-order valence-corrected chi connectivity index (χ3v) is 4.22. The molecule has 0 atom stereocenters. The summed E-state index contributed by atoms with van der Waals surface area (Å²) in [4.78, 5) is 16.8. The lowest BCUT2D eigenvalue weighted by atomic mass is 9.93. The van der Waals surface area contributed by atoms with E-state index >= 15 is 0 Å². The van der Waals surface area contributed by atoms with Gasteiger partial charge in [-0.3, -0.25) is 10.1 Å². The van der Waals surface area contributed by atoms with Crippen LogP contribution in [0.2, 0.25) is 5.02 Å². The van der Waals surface area contributed by atoms with Crippen LogP contribution in [0.1, 0.15) is 36.8 Å². The van der Waals surface area contributed by atoms with Crippen LogP contribution < -0.4 is 14.8 Å². The van der Waals surface area contributed by atoms with Crippen molar-refractivity contribution in [3.8, 4) is 11.5 Å². The minimum atomic E-state index is -0.282. The molecule has 1 amide bonds. The van der Waals surface area contributed by atoms with Crippen LogP contribution in [0.4, 0.5) is 5.13 Å². The number of amides is 1. The number of benzene rings is 1. The number of aromatic nitrogens is 1. The van der Waals surface area contributed by atoms with Crippen molar-refractivity contribution in [2.75, 3.05) is 12.1 Å². The third-order valence-electron chi connectivity index (χ3n) is 3.18. The number of thiazole rings is 1. The van der Waals surface area contributed by atoms with Gasteiger partial charge in [0.15, 0.2) is 16.6 Å². The number of hydrogen-bond acceptors (Lipinski definition) is 5. The predicted molar refractivity (Wildman–Crippen MR) is 86.3 cm³/mol. The fraction of sp³-hybridized carbons (Fsp3) is 0.333. The Morgan fingerprint density at radius 2 is 2.14 bits per heavy atom. The van der Waals surface area contributed by atoms with Crippen LogP contribution in [-0.4, -0.2) is 17.7 Å². The van der Waals surface area contributed by atoms with Gasteiger partial charge in [0.05, 0.1) is 10.7 Å². The monoisotopic (exact) mass is 338 g/mol. The molecule has 1 aliphatic heterocycles. The zero-order chi connectivity index (χ0) is 15.9. The van der Waals surface area contributed by atoms with Crippen LogP contribution in [0, 0.1) is 0 Å². The minimum Gasteiger partial charge on any atom is -0.454 e. The van der Waals surface area contributed by atoms with Crippen molar-refractivity contribution >= 4 is 34.0 Å². The van der Waals surface area contributed by atoms with Crippen molar-refractivity contribution < 1.29 is 14.3 Å². The molecule has 0 radical (unpaired) electrons. The Kier molecular flexibility index (Phi) is 3.74. The second-order valence-corrected chi connectivity index (χ2v) is 7.20. The number of ether oxygens (including phenoxy) is 2. The minimum absolute atomic E-state index is 0.0540. The molecule has 5 nitrogen and oxygen atoms in total. The van der Waals surface area contributed by atoms with E-state index in [1.54, 1.807) is 12.1 Å². The summed E-state index contributed by atoms with van der Waals surface area (Å²) in [5, 5.41) is 5.64. The van der Waals surface area contributed by atoms with E-state index in [0.717, 1.165) is 5.69 Å². The number of carbonyl (C=O) groups is 1. The summed E-state index contributed by atoms with van der Waals surface area (Å²) in [6, 6.07) is 3.17. The maximum Gasteiger partial charge on any atom is 0.257 e. The Morgan fingerprint density at radius 1 is 1.36 bits per heavy atom. The normalized spacial score (nSPS) is 13.3. The van der Waals surface area contributed by atoms with Gasteiger partial charge in [0.25, 0.3) is 5.91 Å². The van der Waals surface area contributed by atoms with Crippen LogP contribution in [0.15, 0.2) is 17.5 Å². The maximum atomic E-state index is 12.3. The number of fused-ring (bicyclic) bond motifs is 1. The number of rotatable bonds is 2. The lowest BCUT2D eigenvalue weighted by Crippen LogP contribution is -2.14. The van der Waals surface area contributed by atoms with Crippen molar-refractivity contribution in [1.29, 1.82) is 0 Å². The third kappa shape index (κ3) is 2.89. The van der Waals surface area contributed by atoms with Crippen molar-refractivity contribution in [1.82, 2.24) is 4.98 Å². The molecule has 1 aliphatic rings. The van der Waals surface area contributed by atoms with E-state index < -0.39 is 0 Å². The lowest BCUT2D eigenvalue weighted by molar-refractivity contribution is 0.102. The smallest absolute Gasteiger partial charge is 0.257 e. The highest BCUT2D eigenvalue weighted by atomic mass is 35.5. The SMILES string of the molecule is CC(C)(C)c1csc(NC(=O)c2cc(Cl)c3c(c2)OCO3)n1. The predicted octanol–water partition coefficient (Wildman–Crippen LogP) is 4.08. The van der Waals surface area contributed by atoms with Gasteiger partial charge in [0.1, 0.15) is 0 Å². The number of nitrogens with one attached hydrogen (secondary N) is 1. The van der Waals surface area contributed by atoms with E-state index in [2.05, 4.69) is 31.1 Å². The van der Waals surface area contributed by atoms with Gasteiger partial charge in [-0.25, -0.2) is 4.98 Å². The quantitative estimate of drug-likeness (QED) is 0.896. The summed E-state index contributed by atoms with van der Waals surface area (Å²) in [7, 11) is 0. The molecule has 7 heteroatoms. The molecule has 0 fully saturated rings. The maximum absolute atomic E-state index is 12.3. The van der Waals surface area contributed by atoms with E-state index in [-0.39, 0.29) is 18.1 Å². The molecule has 116 valence electrons. The second-order valence-electron chi connectivity index (χ2n) is 5.93. The topological polar surface area (TPSA) is 60.5 Å². The summed E-state index contributed by atoms with van der Waals surface area (Å²) in [5.41, 5.74) is 1.29. The first kappa shape index (κ1) is 15.1. The molecule has 0 unspecified atom stereocenters. The summed E-state index contributed by atoms with van der Waals surface area (Å²) in [5.74, 6) is 0.671. The van der Waals surface area contributed by atoms with Gasteiger partial charge in [0.2, 0.25) is 6.79 Å². The van der Waals surface area contributed by atoms with Crippen molar-refractivity contribution in [2.45, 2.75) is 26.2 Å². The molecule has 1 aromatic heterocycles. The van der Waals surface area contributed by atoms with E-state index in [0.29, 0.717) is 27.2 Å². The molecular weight excluding hydrogens is 324 g/mol. The Balaban J connectivity index is 1.80. The summed E-state index contributed by atoms with van der Waals surface area (Å²) in [6.07, 6.45) is 0. The first-order chi connectivity index (χ1) is 10.3. The molecule has 1 aromatic carbocycles. The average Bonchev–Trinajstić information content (AvgIpc) is 3.06. The fourth-order valence-corrected chi connectivity index (χ4v) is 3.14. The molecule has 0 saturated carbocycles. The molecule has 2 heterocycles. The number of anilines is 1. The Hall–Kier alpha value is -1.79. The highest BCUT2D eigenvalue weighted by Crippen LogP contribution is 2.40. The molecule has 0 spiro atoms. The number of nitrogens with zero attached hydrogens (tertiary/aromatic N) is 1. The largest absolute Gasteiger partial charge is 0.454 e. The van der Waals surface area contributed by atoms with Gasteiger partial charge in [-0.05, 0) is 12.1 Å². The molecule has 3 rings (SSSR count). The average molecular weight is 339 g/mol. The van der Waals surface area contributed by atoms with Gasteiger partial charge in [-0.15, -0.1) is 11.3 Å². The van der Waals surface area contributed by atoms with Crippen LogP contribution >= 0.6 is 22.9 Å². The van der Waals surface area contributed by atoms with Crippen molar-refractivity contribution in [2.24, 2.45) is 0 Å². The molecular formula is C15H15ClN2O3S. The molecule has 0 saturated heterocycles. The van der Waals surface area contributed by atoms with Crippen LogP contribution in [-0.2, 0) is 5.41 Å². The molecule has 2 aromatic rings. The van der Waals surface area contributed by atoms with E-state index in [1.165, 1.54) is 11.3 Å². The van der Waals surface area contributed by atoms with Gasteiger partial charge in [-0.1, -0.05) is 32.4 Å². The van der Waals surface area contributed by atoms with Gasteiger partial charge in [-0.2, -0.15) is 0 Å². The first-order valence-electron chi connectivity index (χ1n) is 6.71. The van der Waals surface area contributed by atoms with Crippen LogP contribution in [0.5, 0.6) is 11.5 Å². The molecule has 1 N–H and O–H groups in total. The van der Waals surface area contributed by atoms with E-state index in [4.69, 9.17) is 21.1 Å². The summed E-state index contributed by atoms with van der Waals surface area (Å²) in [6.45, 7) is 6.34. The standard InChI is InChI=1S/C15H15ClN2O3S/c1-15(2,3)11-6-22-14(17-11)18-13(19)8-4-9(16)12-10(5-8)20-7-21-12/h4-6H,7H2,1-3H3,(H,17,18,19). The van der Waals surface area contributed by atoms with E-state index in [9.17, 15) is 4.79 Å². The Morgan fingerprint density at radius 3 is 2.82 bits per heavy atom. The van der Waals surface area contributed by atoms with E-state index in [1.807, 2.05) is 5.38 Å². The van der Waals surface area contributed by atoms with Crippen molar-refractivity contribution in [3.05, 3.63) is 33.8 Å². The Bertz CT molecular complexity index is 737. The zero-order valence-electron chi connectivity index (χ0n) is 12.4. The number of halogens is 1. The lowest BCUT2D eigenvalue weighted by Gasteiger charge is -2.14. The summed E-state index contributed by atoms with van der Waals surface area (Å²) >= 11 is 7.48. The highest BCUT2D eigenvalue weighted by Gasteiger charge is 2.22. The summed E-state index contributed by atoms with van der Waals surface area (Å²) < 4.78 is 10.5. The van der Waals surface area contributed by atoms with Crippen LogP contribution in [0.25, 0.3) is 0 Å². The molecule has 0 aliphatic carbocycles. The molecule has 22 heavy (non-hydrogen) atoms. The second kappa shape index (κ2) is 5.44. The Labute approximate surface area is 137 Å². The van der Waals surface area contributed by atoms with Crippen LogP contribution in [0.3, 0.4) is 0 Å². The molecule has 0 bridgehead atoms. The fourth-order valence-electron chi connectivity index (χ4n) is 1.94. The number of carbonyl (C=O) groups excluding carboxylic acids is 1. The van der Waals surface area contributed by atoms with Crippen molar-refractivity contribution in [3.63, 3.8) is 0 Å². The first-order valence-corrected chi connectivity index (χ1v) is 7.97. The van der Waals surface area contributed by atoms with Gasteiger partial charge in [0, 0.05) is 16.4 Å². The van der Waals surface area contributed by atoms with Gasteiger partial charge >= 0.3 is 0 Å². The zero-order valence-corrected chi connectivity index (χ0v) is 14.0. The van der Waals surface area contributed by atoms with Gasteiger partial charge < -0.3 is 9.47 Å². The highest BCUT2D eigenvalue weighted by molar-refractivity contribution is 7.14.